The van der Waals surface area contributed by atoms with Crippen LogP contribution in [0.25, 0.3) is 0 Å². The first-order valence-electron chi connectivity index (χ1n) is 8.10. The standard InChI is InChI=1S/C17H21N3O4/c1-24-14-5-3-2-4-12(14)16(22)19-8-10-20(11-9-19)17(23)13-6-7-15(21)18-13/h2-5,13H,6-11H2,1H3,(H,18,21). The summed E-state index contributed by atoms with van der Waals surface area (Å²) in [6.45, 7) is 1.91. The topological polar surface area (TPSA) is 79.0 Å². The largest absolute Gasteiger partial charge is 0.496 e. The van der Waals surface area contributed by atoms with Crippen LogP contribution in [-0.2, 0) is 9.59 Å². The first-order valence-corrected chi connectivity index (χ1v) is 8.10. The van der Waals surface area contributed by atoms with Gasteiger partial charge >= 0.3 is 0 Å². The fourth-order valence-corrected chi connectivity index (χ4v) is 3.14. The predicted octanol–water partition coefficient (Wildman–Crippen LogP) is 0.258. The molecule has 0 radical (unpaired) electrons. The van der Waals surface area contributed by atoms with Gasteiger partial charge in [0.15, 0.2) is 0 Å². The molecule has 3 amide bonds. The van der Waals surface area contributed by atoms with Crippen LogP contribution in [0.2, 0.25) is 0 Å². The highest BCUT2D eigenvalue weighted by atomic mass is 16.5. The van der Waals surface area contributed by atoms with Crippen LogP contribution >= 0.6 is 0 Å². The summed E-state index contributed by atoms with van der Waals surface area (Å²) in [5, 5.41) is 2.70. The number of carbonyl (C=O) groups is 3. The number of piperazine rings is 1. The molecule has 24 heavy (non-hydrogen) atoms. The van der Waals surface area contributed by atoms with Crippen molar-refractivity contribution in [3.8, 4) is 5.75 Å². The van der Waals surface area contributed by atoms with Crippen molar-refractivity contribution < 1.29 is 19.1 Å². The lowest BCUT2D eigenvalue weighted by Crippen LogP contribution is -2.54. The fourth-order valence-electron chi connectivity index (χ4n) is 3.14. The van der Waals surface area contributed by atoms with Crippen LogP contribution < -0.4 is 10.1 Å². The number of para-hydroxylation sites is 1. The van der Waals surface area contributed by atoms with E-state index in [2.05, 4.69) is 5.32 Å². The number of methoxy groups -OCH3 is 1. The van der Waals surface area contributed by atoms with E-state index in [4.69, 9.17) is 4.74 Å². The van der Waals surface area contributed by atoms with Crippen molar-refractivity contribution in [3.05, 3.63) is 29.8 Å². The van der Waals surface area contributed by atoms with Crippen molar-refractivity contribution in [2.24, 2.45) is 0 Å². The van der Waals surface area contributed by atoms with Gasteiger partial charge in [-0.25, -0.2) is 0 Å². The third-order valence-electron chi connectivity index (χ3n) is 4.51. The summed E-state index contributed by atoms with van der Waals surface area (Å²) in [5.41, 5.74) is 0.530. The van der Waals surface area contributed by atoms with Crippen molar-refractivity contribution in [1.82, 2.24) is 15.1 Å². The maximum absolute atomic E-state index is 12.6. The highest BCUT2D eigenvalue weighted by Crippen LogP contribution is 2.20. The van der Waals surface area contributed by atoms with Crippen LogP contribution in [0.15, 0.2) is 24.3 Å². The minimum atomic E-state index is -0.408. The molecule has 7 heteroatoms. The molecule has 0 saturated carbocycles. The van der Waals surface area contributed by atoms with Gasteiger partial charge in [0, 0.05) is 32.6 Å². The first-order chi connectivity index (χ1) is 11.6. The average molecular weight is 331 g/mol. The lowest BCUT2D eigenvalue weighted by molar-refractivity contribution is -0.135. The maximum Gasteiger partial charge on any atom is 0.257 e. The van der Waals surface area contributed by atoms with E-state index < -0.39 is 6.04 Å². The smallest absolute Gasteiger partial charge is 0.257 e. The Morgan fingerprint density at radius 2 is 1.79 bits per heavy atom. The van der Waals surface area contributed by atoms with Crippen molar-refractivity contribution in [3.63, 3.8) is 0 Å². The zero-order valence-corrected chi connectivity index (χ0v) is 13.7. The zero-order chi connectivity index (χ0) is 17.1. The maximum atomic E-state index is 12.6. The minimum Gasteiger partial charge on any atom is -0.496 e. The molecule has 0 bridgehead atoms. The second kappa shape index (κ2) is 6.90. The number of carbonyl (C=O) groups excluding carboxylic acids is 3. The molecule has 1 aromatic carbocycles. The molecule has 3 rings (SSSR count). The first kappa shape index (κ1) is 16.3. The van der Waals surface area contributed by atoms with E-state index in [1.807, 2.05) is 6.07 Å². The number of benzene rings is 1. The molecular formula is C17H21N3O4. The summed E-state index contributed by atoms with van der Waals surface area (Å²) >= 11 is 0. The summed E-state index contributed by atoms with van der Waals surface area (Å²) in [4.78, 5) is 39.7. The van der Waals surface area contributed by atoms with Crippen LogP contribution in [-0.4, -0.2) is 66.9 Å². The molecule has 2 heterocycles. The van der Waals surface area contributed by atoms with Gasteiger partial charge in [-0.15, -0.1) is 0 Å². The van der Waals surface area contributed by atoms with E-state index in [1.165, 1.54) is 0 Å². The molecule has 1 aromatic rings. The zero-order valence-electron chi connectivity index (χ0n) is 13.7. The van der Waals surface area contributed by atoms with E-state index in [1.54, 1.807) is 35.1 Å². The van der Waals surface area contributed by atoms with Crippen molar-refractivity contribution in [2.75, 3.05) is 33.3 Å². The van der Waals surface area contributed by atoms with Crippen molar-refractivity contribution >= 4 is 17.7 Å². The Morgan fingerprint density at radius 1 is 1.12 bits per heavy atom. The van der Waals surface area contributed by atoms with Crippen molar-refractivity contribution in [2.45, 2.75) is 18.9 Å². The van der Waals surface area contributed by atoms with Crippen LogP contribution in [0.3, 0.4) is 0 Å². The number of amides is 3. The number of nitrogens with zero attached hydrogens (tertiary/aromatic N) is 2. The third-order valence-corrected chi connectivity index (χ3v) is 4.51. The van der Waals surface area contributed by atoms with Crippen LogP contribution in [0.4, 0.5) is 0 Å². The molecule has 2 aliphatic rings. The summed E-state index contributed by atoms with van der Waals surface area (Å²) in [6, 6.07) is 6.72. The highest BCUT2D eigenvalue weighted by molar-refractivity contribution is 5.97. The molecule has 1 unspecified atom stereocenters. The van der Waals surface area contributed by atoms with Crippen molar-refractivity contribution in [1.29, 1.82) is 0 Å². The van der Waals surface area contributed by atoms with E-state index in [0.29, 0.717) is 50.3 Å². The number of nitrogens with one attached hydrogen (secondary N) is 1. The van der Waals surface area contributed by atoms with Gasteiger partial charge in [0.05, 0.1) is 12.7 Å². The molecule has 0 aromatic heterocycles. The number of ether oxygens (including phenoxy) is 1. The number of rotatable bonds is 3. The number of hydrogen-bond acceptors (Lipinski definition) is 4. The Kier molecular flexibility index (Phi) is 4.69. The van der Waals surface area contributed by atoms with Gasteiger partial charge < -0.3 is 19.9 Å². The lowest BCUT2D eigenvalue weighted by Gasteiger charge is -2.36. The van der Waals surface area contributed by atoms with Gasteiger partial charge in [-0.05, 0) is 18.6 Å². The van der Waals surface area contributed by atoms with Crippen LogP contribution in [0, 0.1) is 0 Å². The normalized spacial score (nSPS) is 20.7. The third kappa shape index (κ3) is 3.20. The molecule has 7 nitrogen and oxygen atoms in total. The monoisotopic (exact) mass is 331 g/mol. The molecule has 1 atom stereocenters. The van der Waals surface area contributed by atoms with Gasteiger partial charge in [-0.2, -0.15) is 0 Å². The van der Waals surface area contributed by atoms with Crippen LogP contribution in [0.5, 0.6) is 5.75 Å². The fraction of sp³-hybridized carbons (Fsp3) is 0.471. The van der Waals surface area contributed by atoms with E-state index >= 15 is 0 Å². The van der Waals surface area contributed by atoms with Gasteiger partial charge in [0.1, 0.15) is 11.8 Å². The van der Waals surface area contributed by atoms with Gasteiger partial charge in [-0.1, -0.05) is 12.1 Å². The molecule has 1 N–H and O–H groups in total. The molecule has 2 fully saturated rings. The van der Waals surface area contributed by atoms with E-state index in [9.17, 15) is 14.4 Å². The van der Waals surface area contributed by atoms with Gasteiger partial charge in [0.25, 0.3) is 5.91 Å². The van der Waals surface area contributed by atoms with E-state index in [0.717, 1.165) is 0 Å². The molecular weight excluding hydrogens is 310 g/mol. The highest BCUT2D eigenvalue weighted by Gasteiger charge is 2.33. The Balaban J connectivity index is 1.59. The SMILES string of the molecule is COc1ccccc1C(=O)N1CCN(C(=O)C2CCC(=O)N2)CC1. The molecule has 2 aliphatic heterocycles. The van der Waals surface area contributed by atoms with Gasteiger partial charge in [-0.3, -0.25) is 14.4 Å². The quantitative estimate of drug-likeness (QED) is 0.862. The molecule has 128 valence electrons. The predicted molar refractivity (Wildman–Crippen MR) is 86.6 cm³/mol. The second-order valence-corrected chi connectivity index (χ2v) is 5.98. The molecule has 0 spiro atoms. The van der Waals surface area contributed by atoms with Gasteiger partial charge in [0.2, 0.25) is 11.8 Å². The summed E-state index contributed by atoms with van der Waals surface area (Å²) in [5.74, 6) is 0.340. The summed E-state index contributed by atoms with van der Waals surface area (Å²) in [7, 11) is 1.54. The lowest BCUT2D eigenvalue weighted by atomic mass is 10.1. The minimum absolute atomic E-state index is 0.0507. The Morgan fingerprint density at radius 3 is 2.42 bits per heavy atom. The van der Waals surface area contributed by atoms with E-state index in [-0.39, 0.29) is 17.7 Å². The summed E-state index contributed by atoms with van der Waals surface area (Å²) < 4.78 is 5.24. The molecule has 0 aliphatic carbocycles. The average Bonchev–Trinajstić information content (AvgIpc) is 3.07. The molecule has 2 saturated heterocycles. The Hall–Kier alpha value is -2.57. The second-order valence-electron chi connectivity index (χ2n) is 5.98. The summed E-state index contributed by atoms with van der Waals surface area (Å²) in [6.07, 6.45) is 0.959. The Bertz CT molecular complexity index is 653. The van der Waals surface area contributed by atoms with Crippen LogP contribution in [0.1, 0.15) is 23.2 Å². The number of hydrogen-bond donors (Lipinski definition) is 1. The Labute approximate surface area is 140 Å².